The molecule has 1 aliphatic heterocycles. The van der Waals surface area contributed by atoms with Gasteiger partial charge < -0.3 is 10.2 Å². The summed E-state index contributed by atoms with van der Waals surface area (Å²) in [7, 11) is 0. The average Bonchev–Trinajstić information content (AvgIpc) is 2.92. The summed E-state index contributed by atoms with van der Waals surface area (Å²) in [6.45, 7) is 11.2. The van der Waals surface area contributed by atoms with Crippen molar-refractivity contribution in [3.05, 3.63) is 29.3 Å². The molecule has 148 valence electrons. The third-order valence-corrected chi connectivity index (χ3v) is 6.92. The highest BCUT2D eigenvalue weighted by molar-refractivity contribution is 8.14. The Morgan fingerprint density at radius 1 is 1.22 bits per heavy atom. The zero-order chi connectivity index (χ0) is 19.6. The minimum absolute atomic E-state index is 0.0414. The summed E-state index contributed by atoms with van der Waals surface area (Å²) < 4.78 is 0. The first kappa shape index (κ1) is 20.2. The molecular weight excluding hydrogens is 354 g/mol. The van der Waals surface area contributed by atoms with Crippen LogP contribution in [0.25, 0.3) is 0 Å². The number of aryl methyl sites for hydroxylation is 2. The maximum atomic E-state index is 12.9. The number of amides is 1. The first-order valence-corrected chi connectivity index (χ1v) is 11.1. The Morgan fingerprint density at radius 2 is 1.89 bits per heavy atom. The van der Waals surface area contributed by atoms with Crippen LogP contribution in [0.2, 0.25) is 0 Å². The Bertz CT molecular complexity index is 708. The summed E-state index contributed by atoms with van der Waals surface area (Å²) in [6.07, 6.45) is 4.93. The van der Waals surface area contributed by atoms with Crippen molar-refractivity contribution in [1.29, 1.82) is 0 Å². The lowest BCUT2D eigenvalue weighted by atomic mass is 9.85. The number of hydrogen-bond donors (Lipinski definition) is 1. The van der Waals surface area contributed by atoms with Crippen LogP contribution in [0.1, 0.15) is 57.6 Å². The van der Waals surface area contributed by atoms with Crippen LogP contribution in [-0.4, -0.2) is 39.9 Å². The molecule has 1 aromatic carbocycles. The van der Waals surface area contributed by atoms with Crippen molar-refractivity contribution in [3.8, 4) is 0 Å². The fourth-order valence-corrected chi connectivity index (χ4v) is 5.42. The number of hydrogen-bond acceptors (Lipinski definition) is 4. The van der Waals surface area contributed by atoms with Gasteiger partial charge in [-0.2, -0.15) is 0 Å². The van der Waals surface area contributed by atoms with E-state index < -0.39 is 0 Å². The van der Waals surface area contributed by atoms with Gasteiger partial charge in [-0.15, -0.1) is 0 Å². The first-order chi connectivity index (χ1) is 12.7. The monoisotopic (exact) mass is 387 g/mol. The number of rotatable bonds is 4. The number of carbonyl (C=O) groups excluding carboxylic acids is 1. The van der Waals surface area contributed by atoms with E-state index in [1.165, 1.54) is 30.4 Å². The number of benzene rings is 1. The van der Waals surface area contributed by atoms with Crippen molar-refractivity contribution in [2.24, 2.45) is 10.9 Å². The van der Waals surface area contributed by atoms with Crippen molar-refractivity contribution in [2.45, 2.75) is 71.9 Å². The van der Waals surface area contributed by atoms with Gasteiger partial charge in [-0.1, -0.05) is 37.6 Å². The highest BCUT2D eigenvalue weighted by Crippen LogP contribution is 2.34. The van der Waals surface area contributed by atoms with E-state index in [1.807, 2.05) is 12.1 Å². The molecule has 27 heavy (non-hydrogen) atoms. The average molecular weight is 388 g/mol. The third-order valence-electron chi connectivity index (χ3n) is 5.48. The van der Waals surface area contributed by atoms with Gasteiger partial charge in [0.1, 0.15) is 0 Å². The van der Waals surface area contributed by atoms with E-state index in [9.17, 15) is 4.79 Å². The predicted molar refractivity (Wildman–Crippen MR) is 117 cm³/mol. The highest BCUT2D eigenvalue weighted by atomic mass is 32.2. The molecule has 1 aromatic rings. The Hall–Kier alpha value is -1.49. The predicted octanol–water partition coefficient (Wildman–Crippen LogP) is 5.00. The molecule has 0 aromatic heterocycles. The minimum atomic E-state index is -0.0414. The van der Waals surface area contributed by atoms with E-state index in [2.05, 4.69) is 50.9 Å². The van der Waals surface area contributed by atoms with Gasteiger partial charge >= 0.3 is 0 Å². The quantitative estimate of drug-likeness (QED) is 0.790. The lowest BCUT2D eigenvalue weighted by Gasteiger charge is -2.39. The normalized spacial score (nSPS) is 24.4. The van der Waals surface area contributed by atoms with Gasteiger partial charge in [0.25, 0.3) is 0 Å². The molecule has 1 amide bonds. The fourth-order valence-electron chi connectivity index (χ4n) is 4.20. The largest absolute Gasteiger partial charge is 0.339 e. The van der Waals surface area contributed by atoms with Gasteiger partial charge in [0.2, 0.25) is 5.91 Å². The van der Waals surface area contributed by atoms with Crippen LogP contribution in [0, 0.1) is 19.8 Å². The van der Waals surface area contributed by atoms with E-state index >= 15 is 0 Å². The van der Waals surface area contributed by atoms with Crippen LogP contribution in [0.5, 0.6) is 0 Å². The van der Waals surface area contributed by atoms with Crippen LogP contribution in [0.4, 0.5) is 5.69 Å². The summed E-state index contributed by atoms with van der Waals surface area (Å²) in [5, 5.41) is 4.16. The number of nitrogens with one attached hydrogen (secondary N) is 1. The molecule has 5 heteroatoms. The third kappa shape index (κ3) is 5.28. The molecule has 2 unspecified atom stereocenters. The van der Waals surface area contributed by atoms with Crippen molar-refractivity contribution in [3.63, 3.8) is 0 Å². The molecule has 1 N–H and O–H groups in total. The van der Waals surface area contributed by atoms with E-state index in [1.54, 1.807) is 11.8 Å². The molecule has 1 fully saturated rings. The second-order valence-electron chi connectivity index (χ2n) is 8.88. The van der Waals surface area contributed by atoms with Crippen LogP contribution >= 0.6 is 11.8 Å². The number of anilines is 1. The van der Waals surface area contributed by atoms with Crippen molar-refractivity contribution in [2.75, 3.05) is 17.6 Å². The van der Waals surface area contributed by atoms with E-state index in [-0.39, 0.29) is 11.4 Å². The molecular formula is C22H33N3OS. The van der Waals surface area contributed by atoms with E-state index in [0.29, 0.717) is 18.5 Å². The highest BCUT2D eigenvalue weighted by Gasteiger charge is 2.35. The van der Waals surface area contributed by atoms with Crippen molar-refractivity contribution >= 4 is 28.5 Å². The van der Waals surface area contributed by atoms with Gasteiger partial charge in [-0.3, -0.25) is 9.79 Å². The molecule has 4 nitrogen and oxygen atoms in total. The van der Waals surface area contributed by atoms with Gasteiger partial charge in [0.05, 0.1) is 12.1 Å². The second-order valence-corrected chi connectivity index (χ2v) is 9.82. The summed E-state index contributed by atoms with van der Waals surface area (Å²) in [6, 6.07) is 6.59. The maximum Gasteiger partial charge on any atom is 0.243 e. The SMILES string of the molecule is Cc1cc(C)cc(NC(=O)CN(C2=NC(C)(C)CS2)C2CCCCC2C)c1. The Labute approximate surface area is 168 Å². The lowest BCUT2D eigenvalue weighted by Crippen LogP contribution is -2.47. The second kappa shape index (κ2) is 8.26. The molecule has 0 radical (unpaired) electrons. The molecule has 3 rings (SSSR count). The standard InChI is InChI=1S/C22H33N3OS/c1-15-10-16(2)12-18(11-15)23-20(26)13-25(19-9-7-6-8-17(19)3)21-24-22(4,5)14-27-21/h10-12,17,19H,6-9,13-14H2,1-5H3,(H,23,26). The smallest absolute Gasteiger partial charge is 0.243 e. The number of aliphatic imine (C=N–C) groups is 1. The van der Waals surface area contributed by atoms with Gasteiger partial charge in [0.15, 0.2) is 5.17 Å². The lowest BCUT2D eigenvalue weighted by molar-refractivity contribution is -0.117. The van der Waals surface area contributed by atoms with Crippen molar-refractivity contribution < 1.29 is 4.79 Å². The Morgan fingerprint density at radius 3 is 2.48 bits per heavy atom. The molecule has 1 saturated carbocycles. The molecule has 2 aliphatic rings. The first-order valence-electron chi connectivity index (χ1n) is 10.1. The fraction of sp³-hybridized carbons (Fsp3) is 0.636. The van der Waals surface area contributed by atoms with Crippen LogP contribution < -0.4 is 5.32 Å². The molecule has 1 heterocycles. The number of amidine groups is 1. The maximum absolute atomic E-state index is 12.9. The van der Waals surface area contributed by atoms with Crippen LogP contribution in [-0.2, 0) is 4.79 Å². The molecule has 1 aliphatic carbocycles. The molecule has 0 spiro atoms. The van der Waals surface area contributed by atoms with Crippen LogP contribution in [0.3, 0.4) is 0 Å². The topological polar surface area (TPSA) is 44.7 Å². The summed E-state index contributed by atoms with van der Waals surface area (Å²) in [4.78, 5) is 20.1. The summed E-state index contributed by atoms with van der Waals surface area (Å²) in [5.74, 6) is 1.63. The minimum Gasteiger partial charge on any atom is -0.339 e. The van der Waals surface area contributed by atoms with Gasteiger partial charge in [-0.05, 0) is 69.7 Å². The van der Waals surface area contributed by atoms with Crippen molar-refractivity contribution in [1.82, 2.24) is 4.90 Å². The summed E-state index contributed by atoms with van der Waals surface area (Å²) in [5.41, 5.74) is 3.18. The van der Waals surface area contributed by atoms with E-state index in [0.717, 1.165) is 23.0 Å². The number of thioether (sulfide) groups is 1. The van der Waals surface area contributed by atoms with Gasteiger partial charge in [-0.25, -0.2) is 0 Å². The van der Waals surface area contributed by atoms with Crippen LogP contribution in [0.15, 0.2) is 23.2 Å². The molecule has 2 atom stereocenters. The number of nitrogens with zero attached hydrogens (tertiary/aromatic N) is 2. The molecule has 0 saturated heterocycles. The van der Waals surface area contributed by atoms with E-state index in [4.69, 9.17) is 4.99 Å². The summed E-state index contributed by atoms with van der Waals surface area (Å²) >= 11 is 1.80. The number of carbonyl (C=O) groups is 1. The zero-order valence-corrected chi connectivity index (χ0v) is 18.2. The molecule has 0 bridgehead atoms. The Kier molecular flexibility index (Phi) is 6.19. The zero-order valence-electron chi connectivity index (χ0n) is 17.3. The van der Waals surface area contributed by atoms with Gasteiger partial charge in [0, 0.05) is 17.5 Å². The Balaban J connectivity index is 1.77.